The summed E-state index contributed by atoms with van der Waals surface area (Å²) in [7, 11) is 0. The predicted molar refractivity (Wildman–Crippen MR) is 86.1 cm³/mol. The number of nitrogens with zero attached hydrogens (tertiary/aromatic N) is 2. The molecule has 0 radical (unpaired) electrons. The van der Waals surface area contributed by atoms with Gasteiger partial charge in [-0.2, -0.15) is 0 Å². The Hall–Kier alpha value is -2.80. The van der Waals surface area contributed by atoms with Gasteiger partial charge in [0.15, 0.2) is 5.13 Å². The molecule has 2 amide bonds. The van der Waals surface area contributed by atoms with Crippen LogP contribution in [0.2, 0.25) is 0 Å². The van der Waals surface area contributed by atoms with Crippen LogP contribution in [0.15, 0.2) is 42.7 Å². The molecule has 0 atom stereocenters. The molecule has 0 spiro atoms. The van der Waals surface area contributed by atoms with Gasteiger partial charge in [-0.15, -0.1) is 0 Å². The number of hydrogen-bond acceptors (Lipinski definition) is 5. The zero-order valence-corrected chi connectivity index (χ0v) is 12.5. The van der Waals surface area contributed by atoms with Crippen LogP contribution >= 0.6 is 11.3 Å². The van der Waals surface area contributed by atoms with E-state index in [-0.39, 0.29) is 11.8 Å². The fourth-order valence-corrected chi connectivity index (χ4v) is 2.86. The van der Waals surface area contributed by atoms with Gasteiger partial charge in [-0.3, -0.25) is 14.6 Å². The maximum atomic E-state index is 12.1. The van der Waals surface area contributed by atoms with Gasteiger partial charge >= 0.3 is 0 Å². The van der Waals surface area contributed by atoms with Gasteiger partial charge in [-0.1, -0.05) is 11.3 Å². The third-order valence-corrected chi connectivity index (χ3v) is 3.79. The fourth-order valence-electron chi connectivity index (χ4n) is 1.91. The topological polar surface area (TPSA) is 84.0 Å². The highest BCUT2D eigenvalue weighted by atomic mass is 32.1. The van der Waals surface area contributed by atoms with Gasteiger partial charge in [0.2, 0.25) is 5.91 Å². The molecule has 2 N–H and O–H groups in total. The third-order valence-electron chi connectivity index (χ3n) is 2.85. The Morgan fingerprint density at radius 2 is 2.05 bits per heavy atom. The minimum Gasteiger partial charge on any atom is -0.322 e. The summed E-state index contributed by atoms with van der Waals surface area (Å²) < 4.78 is 0.882. The molecule has 2 heterocycles. The Bertz CT molecular complexity index is 845. The molecule has 0 aliphatic carbocycles. The zero-order chi connectivity index (χ0) is 15.5. The number of nitrogens with one attached hydrogen (secondary N) is 2. The quantitative estimate of drug-likeness (QED) is 0.779. The van der Waals surface area contributed by atoms with Gasteiger partial charge in [-0.05, 0) is 30.3 Å². The molecule has 0 unspecified atom stereocenters. The molecule has 6 nitrogen and oxygen atoms in total. The van der Waals surface area contributed by atoms with Crippen LogP contribution in [0.4, 0.5) is 10.8 Å². The SMILES string of the molecule is CC(=O)Nc1nc2ccc(NC(=O)c3cccnc3)cc2s1. The number of hydrogen-bond donors (Lipinski definition) is 2. The number of anilines is 2. The van der Waals surface area contributed by atoms with E-state index in [9.17, 15) is 9.59 Å². The lowest BCUT2D eigenvalue weighted by molar-refractivity contribution is -0.114. The first-order valence-electron chi connectivity index (χ1n) is 6.51. The molecule has 7 heteroatoms. The van der Waals surface area contributed by atoms with Crippen molar-refractivity contribution in [3.05, 3.63) is 48.3 Å². The van der Waals surface area contributed by atoms with E-state index in [4.69, 9.17) is 0 Å². The standard InChI is InChI=1S/C15H12N4O2S/c1-9(20)17-15-19-12-5-4-11(7-13(12)22-15)18-14(21)10-3-2-6-16-8-10/h2-8H,1H3,(H,18,21)(H,17,19,20). The molecule has 2 aromatic heterocycles. The van der Waals surface area contributed by atoms with E-state index >= 15 is 0 Å². The summed E-state index contributed by atoms with van der Waals surface area (Å²) in [6, 6.07) is 8.81. The fraction of sp³-hybridized carbons (Fsp3) is 0.0667. The maximum absolute atomic E-state index is 12.1. The summed E-state index contributed by atoms with van der Waals surface area (Å²) in [5.41, 5.74) is 1.93. The molecular formula is C15H12N4O2S. The lowest BCUT2D eigenvalue weighted by Crippen LogP contribution is -2.11. The Balaban J connectivity index is 1.82. The Morgan fingerprint density at radius 1 is 1.18 bits per heavy atom. The van der Waals surface area contributed by atoms with Crippen LogP contribution in [-0.4, -0.2) is 21.8 Å². The first-order chi connectivity index (χ1) is 10.6. The molecule has 0 aliphatic rings. The molecule has 3 aromatic rings. The van der Waals surface area contributed by atoms with Crippen LogP contribution in [0.5, 0.6) is 0 Å². The van der Waals surface area contributed by atoms with E-state index < -0.39 is 0 Å². The van der Waals surface area contributed by atoms with Gasteiger partial charge in [0, 0.05) is 25.0 Å². The van der Waals surface area contributed by atoms with E-state index in [0.717, 1.165) is 10.2 Å². The van der Waals surface area contributed by atoms with Gasteiger partial charge in [0.05, 0.1) is 15.8 Å². The number of amides is 2. The van der Waals surface area contributed by atoms with Crippen molar-refractivity contribution in [3.63, 3.8) is 0 Å². The molecule has 22 heavy (non-hydrogen) atoms. The molecule has 3 rings (SSSR count). The van der Waals surface area contributed by atoms with E-state index in [1.807, 2.05) is 6.07 Å². The molecule has 0 aliphatic heterocycles. The van der Waals surface area contributed by atoms with Crippen molar-refractivity contribution in [1.82, 2.24) is 9.97 Å². The van der Waals surface area contributed by atoms with Crippen LogP contribution in [0.3, 0.4) is 0 Å². The van der Waals surface area contributed by atoms with Crippen molar-refractivity contribution in [2.75, 3.05) is 10.6 Å². The summed E-state index contributed by atoms with van der Waals surface area (Å²) in [6.07, 6.45) is 3.12. The largest absolute Gasteiger partial charge is 0.322 e. The number of aromatic nitrogens is 2. The smallest absolute Gasteiger partial charge is 0.257 e. The van der Waals surface area contributed by atoms with E-state index in [1.165, 1.54) is 24.5 Å². The van der Waals surface area contributed by atoms with Crippen molar-refractivity contribution in [2.24, 2.45) is 0 Å². The van der Waals surface area contributed by atoms with Gasteiger partial charge < -0.3 is 10.6 Å². The number of benzene rings is 1. The highest BCUT2D eigenvalue weighted by Crippen LogP contribution is 2.28. The summed E-state index contributed by atoms with van der Waals surface area (Å²) in [5.74, 6) is -0.386. The normalized spacial score (nSPS) is 10.4. The minimum absolute atomic E-state index is 0.163. The molecule has 1 aromatic carbocycles. The van der Waals surface area contributed by atoms with Crippen LogP contribution < -0.4 is 10.6 Å². The van der Waals surface area contributed by atoms with Crippen molar-refractivity contribution >= 4 is 44.2 Å². The second-order valence-corrected chi connectivity index (χ2v) is 5.61. The monoisotopic (exact) mass is 312 g/mol. The molecule has 0 fully saturated rings. The highest BCUT2D eigenvalue weighted by molar-refractivity contribution is 7.22. The summed E-state index contributed by atoms with van der Waals surface area (Å²) in [4.78, 5) is 31.3. The summed E-state index contributed by atoms with van der Waals surface area (Å²) >= 11 is 1.36. The Labute approximate surface area is 130 Å². The number of fused-ring (bicyclic) bond motifs is 1. The third kappa shape index (κ3) is 3.09. The van der Waals surface area contributed by atoms with E-state index in [0.29, 0.717) is 16.4 Å². The minimum atomic E-state index is -0.223. The van der Waals surface area contributed by atoms with Crippen LogP contribution in [-0.2, 0) is 4.79 Å². The van der Waals surface area contributed by atoms with Crippen molar-refractivity contribution in [3.8, 4) is 0 Å². The second-order valence-electron chi connectivity index (χ2n) is 4.58. The number of thiazole rings is 1. The number of rotatable bonds is 3. The number of carbonyl (C=O) groups is 2. The first kappa shape index (κ1) is 14.2. The predicted octanol–water partition coefficient (Wildman–Crippen LogP) is 2.90. The van der Waals surface area contributed by atoms with Crippen LogP contribution in [0.1, 0.15) is 17.3 Å². The van der Waals surface area contributed by atoms with Crippen LogP contribution in [0, 0.1) is 0 Å². The highest BCUT2D eigenvalue weighted by Gasteiger charge is 2.09. The van der Waals surface area contributed by atoms with Crippen molar-refractivity contribution in [2.45, 2.75) is 6.92 Å². The molecule has 0 bridgehead atoms. The van der Waals surface area contributed by atoms with Crippen molar-refractivity contribution in [1.29, 1.82) is 0 Å². The average Bonchev–Trinajstić information content (AvgIpc) is 2.88. The van der Waals surface area contributed by atoms with Crippen molar-refractivity contribution < 1.29 is 9.59 Å². The lowest BCUT2D eigenvalue weighted by Gasteiger charge is -2.04. The van der Waals surface area contributed by atoms with E-state index in [1.54, 1.807) is 30.5 Å². The molecule has 0 saturated heterocycles. The number of pyridine rings is 1. The van der Waals surface area contributed by atoms with Gasteiger partial charge in [-0.25, -0.2) is 4.98 Å². The average molecular weight is 312 g/mol. The zero-order valence-electron chi connectivity index (χ0n) is 11.7. The lowest BCUT2D eigenvalue weighted by atomic mass is 10.2. The molecule has 0 saturated carbocycles. The van der Waals surface area contributed by atoms with Crippen LogP contribution in [0.25, 0.3) is 10.2 Å². The molecule has 110 valence electrons. The van der Waals surface area contributed by atoms with Gasteiger partial charge in [0.25, 0.3) is 5.91 Å². The first-order valence-corrected chi connectivity index (χ1v) is 7.33. The van der Waals surface area contributed by atoms with Gasteiger partial charge in [0.1, 0.15) is 0 Å². The van der Waals surface area contributed by atoms with E-state index in [2.05, 4.69) is 20.6 Å². The molecular weight excluding hydrogens is 300 g/mol. The number of carbonyl (C=O) groups excluding carboxylic acids is 2. The summed E-state index contributed by atoms with van der Waals surface area (Å²) in [6.45, 7) is 1.44. The Morgan fingerprint density at radius 3 is 2.77 bits per heavy atom. The maximum Gasteiger partial charge on any atom is 0.257 e. The second kappa shape index (κ2) is 5.90. The Kier molecular flexibility index (Phi) is 3.80. The summed E-state index contributed by atoms with van der Waals surface area (Å²) in [5, 5.41) is 6.01.